The van der Waals surface area contributed by atoms with Crippen molar-refractivity contribution in [3.8, 4) is 10.7 Å². The molecule has 5 heteroatoms. The van der Waals surface area contributed by atoms with E-state index in [1.165, 1.54) is 0 Å². The molecular weight excluding hydrogens is 286 g/mol. The summed E-state index contributed by atoms with van der Waals surface area (Å²) in [5.74, 6) is 0.921. The average Bonchev–Trinajstić information content (AvgIpc) is 2.86. The molecule has 80 valence electrons. The van der Waals surface area contributed by atoms with Gasteiger partial charge in [-0.1, -0.05) is 6.07 Å². The van der Waals surface area contributed by atoms with E-state index >= 15 is 0 Å². The Bertz CT molecular complexity index is 643. The minimum Gasteiger partial charge on any atom is -0.398 e. The SMILES string of the molecule is Nc1ccc2c(Br)nc(-c3cccs3)n2c1. The lowest BCUT2D eigenvalue weighted by Gasteiger charge is -1.99. The summed E-state index contributed by atoms with van der Waals surface area (Å²) in [5, 5.41) is 2.04. The van der Waals surface area contributed by atoms with Crippen LogP contribution in [0.1, 0.15) is 0 Å². The van der Waals surface area contributed by atoms with Gasteiger partial charge in [-0.05, 0) is 39.5 Å². The lowest BCUT2D eigenvalue weighted by atomic mass is 10.4. The van der Waals surface area contributed by atoms with Gasteiger partial charge in [0.25, 0.3) is 0 Å². The predicted molar refractivity (Wildman–Crippen MR) is 70.6 cm³/mol. The van der Waals surface area contributed by atoms with Crippen LogP contribution < -0.4 is 5.73 Å². The molecule has 0 unspecified atom stereocenters. The quantitative estimate of drug-likeness (QED) is 0.747. The summed E-state index contributed by atoms with van der Waals surface area (Å²) in [6.45, 7) is 0. The molecule has 16 heavy (non-hydrogen) atoms. The molecule has 0 spiro atoms. The molecule has 3 heterocycles. The van der Waals surface area contributed by atoms with Crippen molar-refractivity contribution in [1.29, 1.82) is 0 Å². The highest BCUT2D eigenvalue weighted by atomic mass is 79.9. The molecule has 3 aromatic heterocycles. The molecule has 0 bridgehead atoms. The van der Waals surface area contributed by atoms with Crippen LogP contribution in [0.4, 0.5) is 5.69 Å². The van der Waals surface area contributed by atoms with Crippen LogP contribution in [0.3, 0.4) is 0 Å². The minimum absolute atomic E-state index is 0.732. The van der Waals surface area contributed by atoms with Crippen LogP contribution in [-0.4, -0.2) is 9.38 Å². The Morgan fingerprint density at radius 2 is 2.19 bits per heavy atom. The fourth-order valence-electron chi connectivity index (χ4n) is 1.64. The summed E-state index contributed by atoms with van der Waals surface area (Å²) >= 11 is 5.12. The number of hydrogen-bond acceptors (Lipinski definition) is 3. The van der Waals surface area contributed by atoms with Gasteiger partial charge in [0.05, 0.1) is 10.4 Å². The second kappa shape index (κ2) is 3.61. The number of halogens is 1. The monoisotopic (exact) mass is 293 g/mol. The van der Waals surface area contributed by atoms with Crippen molar-refractivity contribution in [2.75, 3.05) is 5.73 Å². The first-order valence-corrected chi connectivity index (χ1v) is 6.40. The molecule has 0 aliphatic rings. The Morgan fingerprint density at radius 1 is 1.31 bits per heavy atom. The number of nitrogens with two attached hydrogens (primary N) is 1. The zero-order chi connectivity index (χ0) is 11.1. The highest BCUT2D eigenvalue weighted by molar-refractivity contribution is 9.10. The first-order chi connectivity index (χ1) is 7.75. The van der Waals surface area contributed by atoms with E-state index in [0.717, 1.165) is 26.5 Å². The Kier molecular flexibility index (Phi) is 2.22. The van der Waals surface area contributed by atoms with Gasteiger partial charge in [0.15, 0.2) is 5.82 Å². The van der Waals surface area contributed by atoms with Gasteiger partial charge < -0.3 is 5.73 Å². The van der Waals surface area contributed by atoms with E-state index in [1.807, 2.05) is 34.2 Å². The van der Waals surface area contributed by atoms with Gasteiger partial charge >= 0.3 is 0 Å². The number of hydrogen-bond donors (Lipinski definition) is 1. The third-order valence-electron chi connectivity index (χ3n) is 2.36. The molecule has 3 rings (SSSR count). The maximum atomic E-state index is 5.79. The van der Waals surface area contributed by atoms with Crippen LogP contribution >= 0.6 is 27.3 Å². The number of nitrogen functional groups attached to an aromatic ring is 1. The van der Waals surface area contributed by atoms with Crippen LogP contribution in [0.2, 0.25) is 0 Å². The number of fused-ring (bicyclic) bond motifs is 1. The molecule has 3 nitrogen and oxygen atoms in total. The molecule has 0 fully saturated rings. The largest absolute Gasteiger partial charge is 0.398 e. The number of rotatable bonds is 1. The standard InChI is InChI=1S/C11H8BrN3S/c12-10-8-4-3-7(13)6-15(8)11(14-10)9-2-1-5-16-9/h1-6H,13H2. The van der Waals surface area contributed by atoms with E-state index in [0.29, 0.717) is 0 Å². The van der Waals surface area contributed by atoms with Gasteiger partial charge in [0.1, 0.15) is 4.60 Å². The number of imidazole rings is 1. The minimum atomic E-state index is 0.732. The zero-order valence-electron chi connectivity index (χ0n) is 8.22. The molecule has 2 N–H and O–H groups in total. The van der Waals surface area contributed by atoms with Crippen LogP contribution in [-0.2, 0) is 0 Å². The fraction of sp³-hybridized carbons (Fsp3) is 0. The predicted octanol–water partition coefficient (Wildman–Crippen LogP) is 3.41. The number of thiophene rings is 1. The van der Waals surface area contributed by atoms with Gasteiger partial charge in [-0.25, -0.2) is 4.98 Å². The van der Waals surface area contributed by atoms with Crippen LogP contribution in [0.15, 0.2) is 40.4 Å². The second-order valence-corrected chi connectivity index (χ2v) is 5.12. The van der Waals surface area contributed by atoms with Gasteiger partial charge in [-0.2, -0.15) is 0 Å². The summed E-state index contributed by atoms with van der Waals surface area (Å²) in [4.78, 5) is 5.64. The van der Waals surface area contributed by atoms with Crippen molar-refractivity contribution < 1.29 is 0 Å². The average molecular weight is 294 g/mol. The molecule has 0 saturated carbocycles. The lowest BCUT2D eigenvalue weighted by Crippen LogP contribution is -1.91. The van der Waals surface area contributed by atoms with Crippen LogP contribution in [0.5, 0.6) is 0 Å². The molecular formula is C11H8BrN3S. The Hall–Kier alpha value is -1.33. The molecule has 0 saturated heterocycles. The smallest absolute Gasteiger partial charge is 0.156 e. The first kappa shape index (κ1) is 9.86. The molecule has 0 atom stereocenters. The third kappa shape index (κ3) is 1.44. The molecule has 0 amide bonds. The number of anilines is 1. The molecule has 0 aromatic carbocycles. The van der Waals surface area contributed by atoms with Gasteiger partial charge in [-0.15, -0.1) is 11.3 Å². The maximum absolute atomic E-state index is 5.79. The van der Waals surface area contributed by atoms with E-state index in [4.69, 9.17) is 5.73 Å². The number of nitrogens with zero attached hydrogens (tertiary/aromatic N) is 2. The topological polar surface area (TPSA) is 43.3 Å². The summed E-state index contributed by atoms with van der Waals surface area (Å²) in [5.41, 5.74) is 7.55. The summed E-state index contributed by atoms with van der Waals surface area (Å²) in [7, 11) is 0. The van der Waals surface area contributed by atoms with E-state index in [2.05, 4.69) is 27.0 Å². The van der Waals surface area contributed by atoms with E-state index in [9.17, 15) is 0 Å². The molecule has 0 radical (unpaired) electrons. The normalized spacial score (nSPS) is 11.1. The molecule has 3 aromatic rings. The Morgan fingerprint density at radius 3 is 2.94 bits per heavy atom. The Balaban J connectivity index is 2.37. The lowest BCUT2D eigenvalue weighted by molar-refractivity contribution is 1.17. The number of aromatic nitrogens is 2. The van der Waals surface area contributed by atoms with Gasteiger partial charge in [0.2, 0.25) is 0 Å². The van der Waals surface area contributed by atoms with Crippen molar-refractivity contribution in [2.45, 2.75) is 0 Å². The zero-order valence-corrected chi connectivity index (χ0v) is 10.6. The molecule has 0 aliphatic heterocycles. The van der Waals surface area contributed by atoms with E-state index in [-0.39, 0.29) is 0 Å². The van der Waals surface area contributed by atoms with Gasteiger partial charge in [-0.3, -0.25) is 4.40 Å². The van der Waals surface area contributed by atoms with E-state index in [1.54, 1.807) is 11.3 Å². The summed E-state index contributed by atoms with van der Waals surface area (Å²) in [6.07, 6.45) is 1.89. The van der Waals surface area contributed by atoms with E-state index < -0.39 is 0 Å². The van der Waals surface area contributed by atoms with Crippen molar-refractivity contribution in [3.05, 3.63) is 40.4 Å². The van der Waals surface area contributed by atoms with Crippen molar-refractivity contribution >= 4 is 38.5 Å². The Labute approximate surface area is 105 Å². The van der Waals surface area contributed by atoms with Crippen molar-refractivity contribution in [1.82, 2.24) is 9.38 Å². The second-order valence-electron chi connectivity index (χ2n) is 3.42. The first-order valence-electron chi connectivity index (χ1n) is 4.72. The fourth-order valence-corrected chi connectivity index (χ4v) is 2.85. The van der Waals surface area contributed by atoms with Crippen LogP contribution in [0.25, 0.3) is 16.2 Å². The van der Waals surface area contributed by atoms with Crippen molar-refractivity contribution in [3.63, 3.8) is 0 Å². The molecule has 0 aliphatic carbocycles. The van der Waals surface area contributed by atoms with Gasteiger partial charge in [0, 0.05) is 11.9 Å². The highest BCUT2D eigenvalue weighted by Crippen LogP contribution is 2.29. The third-order valence-corrected chi connectivity index (χ3v) is 3.81. The van der Waals surface area contributed by atoms with Crippen molar-refractivity contribution in [2.24, 2.45) is 0 Å². The highest BCUT2D eigenvalue weighted by Gasteiger charge is 2.11. The summed E-state index contributed by atoms with van der Waals surface area (Å²) < 4.78 is 2.85. The summed E-state index contributed by atoms with van der Waals surface area (Å²) in [6, 6.07) is 7.90. The maximum Gasteiger partial charge on any atom is 0.156 e. The van der Waals surface area contributed by atoms with Crippen LogP contribution in [0, 0.1) is 0 Å². The number of pyridine rings is 1.